The van der Waals surface area contributed by atoms with Crippen molar-refractivity contribution >= 4 is 28.6 Å². The van der Waals surface area contributed by atoms with Crippen molar-refractivity contribution in [3.05, 3.63) is 276 Å². The predicted molar refractivity (Wildman–Crippen MR) is 279 cm³/mol. The van der Waals surface area contributed by atoms with Crippen molar-refractivity contribution < 1.29 is 0 Å². The number of fused-ring (bicyclic) bond motifs is 2. The van der Waals surface area contributed by atoms with Gasteiger partial charge in [0.2, 0.25) is 0 Å². The zero-order valence-electron chi connectivity index (χ0n) is 38.1. The van der Waals surface area contributed by atoms with Crippen LogP contribution in [0.2, 0.25) is 0 Å². The van der Waals surface area contributed by atoms with E-state index in [2.05, 4.69) is 233 Å². The third-order valence-electron chi connectivity index (χ3n) is 11.6. The van der Waals surface area contributed by atoms with E-state index >= 15 is 0 Å². The van der Waals surface area contributed by atoms with E-state index in [-0.39, 0.29) is 0 Å². The fourth-order valence-corrected chi connectivity index (χ4v) is 8.90. The average molecular weight is 822 g/mol. The van der Waals surface area contributed by atoms with Gasteiger partial charge in [0.25, 0.3) is 0 Å². The highest BCUT2D eigenvalue weighted by atomic mass is 14.6. The van der Waals surface area contributed by atoms with Crippen LogP contribution in [-0.4, -0.2) is 13.8 Å². The Labute approximate surface area is 378 Å². The van der Waals surface area contributed by atoms with E-state index in [0.29, 0.717) is 0 Å². The predicted octanol–water partition coefficient (Wildman–Crippen LogP) is 16.4. The van der Waals surface area contributed by atoms with Crippen molar-refractivity contribution in [3.63, 3.8) is 0 Å². The van der Waals surface area contributed by atoms with Gasteiger partial charge < -0.3 is 4.99 Å². The van der Waals surface area contributed by atoms with Crippen molar-refractivity contribution in [3.8, 4) is 11.1 Å². The third kappa shape index (κ3) is 10.2. The molecule has 0 aliphatic heterocycles. The lowest BCUT2D eigenvalue weighted by Gasteiger charge is -2.42. The van der Waals surface area contributed by atoms with Crippen molar-refractivity contribution in [1.82, 2.24) is 0 Å². The van der Waals surface area contributed by atoms with Crippen LogP contribution in [0.3, 0.4) is 0 Å². The van der Waals surface area contributed by atoms with E-state index in [1.54, 1.807) is 7.05 Å². The summed E-state index contributed by atoms with van der Waals surface area (Å²) in [4.78, 5) is 3.25. The van der Waals surface area contributed by atoms with E-state index in [0.717, 1.165) is 36.0 Å². The average Bonchev–Trinajstić information content (AvgIpc) is 3.41. The maximum atomic E-state index is 5.00. The smallest absolute Gasteiger partial charge is 0.0701 e. The first-order valence-electron chi connectivity index (χ1n) is 22.1. The van der Waals surface area contributed by atoms with Gasteiger partial charge in [-0.05, 0) is 128 Å². The summed E-state index contributed by atoms with van der Waals surface area (Å²) in [7, 11) is 1.64. The van der Waals surface area contributed by atoms with Crippen LogP contribution in [0.4, 0.5) is 0 Å². The molecule has 7 aromatic rings. The van der Waals surface area contributed by atoms with Gasteiger partial charge in [-0.25, -0.2) is 0 Å². The van der Waals surface area contributed by atoms with Crippen LogP contribution in [0.25, 0.3) is 33.0 Å². The van der Waals surface area contributed by atoms with Crippen LogP contribution < -0.4 is 0 Å². The number of aliphatic imine (C=N–C) groups is 1. The summed E-state index contributed by atoms with van der Waals surface area (Å²) in [6.45, 7) is 27.5. The molecule has 0 N–H and O–H groups in total. The highest BCUT2D eigenvalue weighted by molar-refractivity contribution is 5.89. The first-order valence-corrected chi connectivity index (χ1v) is 22.1. The van der Waals surface area contributed by atoms with E-state index in [1.165, 1.54) is 72.0 Å². The van der Waals surface area contributed by atoms with Crippen LogP contribution in [0.5, 0.6) is 0 Å². The van der Waals surface area contributed by atoms with Gasteiger partial charge in [-0.3, -0.25) is 0 Å². The summed E-state index contributed by atoms with van der Waals surface area (Å²) in [5.41, 5.74) is 16.1. The molecule has 8 rings (SSSR count). The monoisotopic (exact) mass is 821 g/mol. The molecule has 0 saturated carbocycles. The van der Waals surface area contributed by atoms with E-state index in [4.69, 9.17) is 13.2 Å². The normalized spacial score (nSPS) is 15.2. The molecule has 0 radical (unpaired) electrons. The third-order valence-corrected chi connectivity index (χ3v) is 11.6. The lowest BCUT2D eigenvalue weighted by Crippen LogP contribution is -2.33. The molecule has 0 bridgehead atoms. The molecule has 0 heterocycles. The number of hydrogen-bond acceptors (Lipinski definition) is 1. The van der Waals surface area contributed by atoms with Gasteiger partial charge in [0.15, 0.2) is 0 Å². The summed E-state index contributed by atoms with van der Waals surface area (Å²) in [5.74, 6) is 0. The first kappa shape index (κ1) is 47.0. The van der Waals surface area contributed by atoms with Crippen molar-refractivity contribution in [2.24, 2.45) is 4.99 Å². The largest absolute Gasteiger partial charge is 0.304 e. The van der Waals surface area contributed by atoms with Crippen molar-refractivity contribution in [2.45, 2.75) is 52.4 Å². The summed E-state index contributed by atoms with van der Waals surface area (Å²) in [6.07, 6.45) is 13.6. The molecule has 316 valence electrons. The Morgan fingerprint density at radius 1 is 0.698 bits per heavy atom. The van der Waals surface area contributed by atoms with E-state index < -0.39 is 5.41 Å². The molecule has 1 aliphatic carbocycles. The number of allylic oxidation sites excluding steroid dienone is 7. The topological polar surface area (TPSA) is 12.4 Å². The zero-order chi connectivity index (χ0) is 45.2. The Morgan fingerprint density at radius 3 is 2.08 bits per heavy atom. The van der Waals surface area contributed by atoms with Gasteiger partial charge in [0, 0.05) is 7.05 Å². The molecular formula is C62H63N. The van der Waals surface area contributed by atoms with Crippen LogP contribution in [-0.2, 0) is 24.7 Å². The summed E-state index contributed by atoms with van der Waals surface area (Å²) in [5, 5.41) is 2.57. The Balaban J connectivity index is 0.00000101. The first-order chi connectivity index (χ1) is 30.9. The number of nitrogens with zero attached hydrogens (tertiary/aromatic N) is 1. The summed E-state index contributed by atoms with van der Waals surface area (Å²) >= 11 is 0. The molecule has 0 spiro atoms. The second-order valence-electron chi connectivity index (χ2n) is 15.1. The molecular weight excluding hydrogens is 759 g/mol. The molecule has 63 heavy (non-hydrogen) atoms. The van der Waals surface area contributed by atoms with Gasteiger partial charge in [0.1, 0.15) is 0 Å². The fraction of sp³-hybridized carbons (Fsp3) is 0.145. The summed E-state index contributed by atoms with van der Waals surface area (Å²) in [6, 6.07) is 59.7. The Kier molecular flexibility index (Phi) is 17.3. The second-order valence-corrected chi connectivity index (χ2v) is 15.1. The molecule has 0 aromatic heterocycles. The number of aryl methyl sites for hydroxylation is 1. The zero-order valence-corrected chi connectivity index (χ0v) is 38.1. The maximum Gasteiger partial charge on any atom is 0.0701 e. The highest BCUT2D eigenvalue weighted by Gasteiger charge is 2.43. The Hall–Kier alpha value is -7.09. The number of benzene rings is 7. The van der Waals surface area contributed by atoms with Gasteiger partial charge in [-0.15, -0.1) is 13.2 Å². The Bertz CT molecular complexity index is 2730. The van der Waals surface area contributed by atoms with Crippen molar-refractivity contribution in [2.75, 3.05) is 7.05 Å². The maximum absolute atomic E-state index is 5.00. The lowest BCUT2D eigenvalue weighted by atomic mass is 9.60. The molecule has 0 saturated heterocycles. The minimum atomic E-state index is -0.711. The van der Waals surface area contributed by atoms with E-state index in [9.17, 15) is 0 Å². The SMILES string of the molecule is C=C.C=C1/C=C\C=C/Cc2ccccc2C1(C(=C)c1ccccc1C)c1cccc(-c2cccc(/C(=C/Cc3cccc4ccccc34)c3ccccc3)c2)c1CC.C=NC.CC. The van der Waals surface area contributed by atoms with Crippen LogP contribution in [0.1, 0.15) is 70.8 Å². The fourth-order valence-electron chi connectivity index (χ4n) is 8.90. The quantitative estimate of drug-likeness (QED) is 0.102. The molecule has 1 unspecified atom stereocenters. The highest BCUT2D eigenvalue weighted by Crippen LogP contribution is 2.53. The van der Waals surface area contributed by atoms with Gasteiger partial charge in [0.05, 0.1) is 5.41 Å². The molecule has 1 nitrogen and oxygen atoms in total. The lowest BCUT2D eigenvalue weighted by molar-refractivity contribution is 0.777. The number of hydrogen-bond donors (Lipinski definition) is 0. The van der Waals surface area contributed by atoms with Crippen LogP contribution >= 0.6 is 0 Å². The molecule has 0 fully saturated rings. The molecule has 1 aliphatic rings. The van der Waals surface area contributed by atoms with Crippen molar-refractivity contribution in [1.29, 1.82) is 0 Å². The summed E-state index contributed by atoms with van der Waals surface area (Å²) < 4.78 is 0. The minimum Gasteiger partial charge on any atom is -0.304 e. The molecule has 0 amide bonds. The standard InChI is InChI=1S/C56H48.C2H5N.C2H6.C2H4/c1-5-49-53(48-31-19-30-47(39-48)52(43-23-9-7-10-24-43)38-37-45-29-18-28-44-25-13-16-33-51(44)45)34-20-36-55(49)56(42(4)50-32-15-12-21-40(50)2)41(3)22-8-6-11-26-46-27-14-17-35-54(46)56;1-3-2;2*1-2/h6-25,27-36,38-39H,3-5,26,37H2,1-2H3;1H2,2H3;1-2H3;1-2H2/b11-6-,22-8-,52-38+;;;. The second kappa shape index (κ2) is 23.2. The molecule has 1 atom stereocenters. The van der Waals surface area contributed by atoms with Crippen LogP contribution in [0.15, 0.2) is 231 Å². The molecule has 7 aromatic carbocycles. The van der Waals surface area contributed by atoms with Gasteiger partial charge in [-0.2, -0.15) is 0 Å². The number of rotatable bonds is 9. The van der Waals surface area contributed by atoms with Gasteiger partial charge in [-0.1, -0.05) is 222 Å². The van der Waals surface area contributed by atoms with Crippen LogP contribution in [0, 0.1) is 6.92 Å². The minimum absolute atomic E-state index is 0.711. The van der Waals surface area contributed by atoms with Gasteiger partial charge >= 0.3 is 0 Å². The Morgan fingerprint density at radius 2 is 1.32 bits per heavy atom. The van der Waals surface area contributed by atoms with E-state index in [1.807, 2.05) is 13.8 Å². The molecule has 1 heteroatoms.